The van der Waals surface area contributed by atoms with Crippen LogP contribution in [0.25, 0.3) is 0 Å². The van der Waals surface area contributed by atoms with E-state index >= 15 is 0 Å². The molecule has 2 unspecified atom stereocenters. The van der Waals surface area contributed by atoms with Gasteiger partial charge in [-0.1, -0.05) is 36.2 Å². The average Bonchev–Trinajstić information content (AvgIpc) is 2.27. The van der Waals surface area contributed by atoms with Crippen LogP contribution >= 0.6 is 15.9 Å². The topological polar surface area (TPSA) is 35.8 Å². The first kappa shape index (κ1) is 12.1. The Balaban J connectivity index is 2.68. The normalized spacial score (nSPS) is 14.0. The van der Waals surface area contributed by atoms with E-state index in [0.29, 0.717) is 5.92 Å². The molecule has 0 saturated heterocycles. The Bertz CT molecular complexity index is 340. The molecule has 0 bridgehead atoms. The third kappa shape index (κ3) is 3.56. The number of hydrogen-bond acceptors (Lipinski definition) is 2. The average molecular weight is 267 g/mol. The summed E-state index contributed by atoms with van der Waals surface area (Å²) in [5.74, 6) is 0.360. The van der Waals surface area contributed by atoms with Gasteiger partial charge in [0.05, 0.1) is 6.07 Å². The predicted octanol–water partition coefficient (Wildman–Crippen LogP) is 3.80. The minimum atomic E-state index is -0.115. The lowest BCUT2D eigenvalue weighted by molar-refractivity contribution is 0.533. The third-order valence-electron chi connectivity index (χ3n) is 2.52. The number of halogens is 1. The Morgan fingerprint density at radius 3 is 2.47 bits per heavy atom. The number of rotatable bonds is 4. The molecule has 2 atom stereocenters. The van der Waals surface area contributed by atoms with Gasteiger partial charge in [0, 0.05) is 10.2 Å². The number of nitrogens with zero attached hydrogens (tertiary/aromatic N) is 1. The van der Waals surface area contributed by atoms with Gasteiger partial charge in [-0.3, -0.25) is 0 Å². The van der Waals surface area contributed by atoms with Crippen LogP contribution in [0.5, 0.6) is 0 Å². The number of hydrogen-bond donors (Lipinski definition) is 1. The number of nitrogens with one attached hydrogen (secondary N) is 1. The number of benzene rings is 1. The summed E-state index contributed by atoms with van der Waals surface area (Å²) < 4.78 is 1.05. The molecule has 0 aliphatic heterocycles. The van der Waals surface area contributed by atoms with Crippen LogP contribution in [0, 0.1) is 17.2 Å². The second-order valence-corrected chi connectivity index (χ2v) is 4.56. The highest BCUT2D eigenvalue weighted by atomic mass is 79.9. The van der Waals surface area contributed by atoms with E-state index in [1.807, 2.05) is 24.3 Å². The maximum absolute atomic E-state index is 9.02. The lowest BCUT2D eigenvalue weighted by Crippen LogP contribution is -2.24. The molecule has 0 aliphatic carbocycles. The van der Waals surface area contributed by atoms with Gasteiger partial charge in [-0.25, -0.2) is 0 Å². The van der Waals surface area contributed by atoms with Gasteiger partial charge in [0.15, 0.2) is 0 Å². The summed E-state index contributed by atoms with van der Waals surface area (Å²) in [6.45, 7) is 4.18. The van der Waals surface area contributed by atoms with Gasteiger partial charge in [-0.2, -0.15) is 5.26 Å². The molecule has 80 valence electrons. The third-order valence-corrected chi connectivity index (χ3v) is 3.05. The molecule has 2 nitrogen and oxygen atoms in total. The molecule has 0 heterocycles. The minimum absolute atomic E-state index is 0.115. The van der Waals surface area contributed by atoms with Gasteiger partial charge >= 0.3 is 0 Å². The first-order valence-electron chi connectivity index (χ1n) is 5.09. The summed E-state index contributed by atoms with van der Waals surface area (Å²) in [6, 6.07) is 10.0. The Morgan fingerprint density at radius 1 is 1.40 bits per heavy atom. The highest BCUT2D eigenvalue weighted by molar-refractivity contribution is 9.10. The van der Waals surface area contributed by atoms with Crippen LogP contribution < -0.4 is 5.32 Å². The lowest BCUT2D eigenvalue weighted by atomic mass is 10.0. The van der Waals surface area contributed by atoms with E-state index < -0.39 is 0 Å². The van der Waals surface area contributed by atoms with Crippen molar-refractivity contribution in [3.8, 4) is 6.07 Å². The highest BCUT2D eigenvalue weighted by Gasteiger charge is 2.14. The molecule has 3 heteroatoms. The number of nitriles is 1. The Hall–Kier alpha value is -1.01. The maximum Gasteiger partial charge on any atom is 0.117 e. The van der Waals surface area contributed by atoms with E-state index in [2.05, 4.69) is 41.2 Å². The van der Waals surface area contributed by atoms with E-state index in [1.165, 1.54) is 0 Å². The molecular weight excluding hydrogens is 252 g/mol. The minimum Gasteiger partial charge on any atom is -0.370 e. The summed E-state index contributed by atoms with van der Waals surface area (Å²) >= 11 is 3.38. The molecule has 0 spiro atoms. The van der Waals surface area contributed by atoms with Gasteiger partial charge in [-0.15, -0.1) is 0 Å². The predicted molar refractivity (Wildman–Crippen MR) is 66.6 cm³/mol. The van der Waals surface area contributed by atoms with Crippen molar-refractivity contribution in [3.05, 3.63) is 28.7 Å². The second-order valence-electron chi connectivity index (χ2n) is 3.64. The van der Waals surface area contributed by atoms with Crippen molar-refractivity contribution in [2.24, 2.45) is 5.92 Å². The SMILES string of the molecule is CCC(C)C(C#N)Nc1ccc(Br)cc1. The standard InChI is InChI=1S/C12H15BrN2/c1-3-9(2)12(8-14)15-11-6-4-10(13)5-7-11/h4-7,9,12,15H,3H2,1-2H3. The fraction of sp³-hybridized carbons (Fsp3) is 0.417. The van der Waals surface area contributed by atoms with Crippen molar-refractivity contribution in [2.45, 2.75) is 26.3 Å². The molecule has 0 fully saturated rings. The van der Waals surface area contributed by atoms with Crippen molar-refractivity contribution in [3.63, 3.8) is 0 Å². The van der Waals surface area contributed by atoms with Crippen molar-refractivity contribution in [1.29, 1.82) is 5.26 Å². The zero-order valence-electron chi connectivity index (χ0n) is 9.00. The van der Waals surface area contributed by atoms with Gasteiger partial charge in [0.2, 0.25) is 0 Å². The largest absolute Gasteiger partial charge is 0.370 e. The fourth-order valence-corrected chi connectivity index (χ4v) is 1.53. The van der Waals surface area contributed by atoms with E-state index in [1.54, 1.807) is 0 Å². The molecule has 0 saturated carbocycles. The van der Waals surface area contributed by atoms with Crippen molar-refractivity contribution in [1.82, 2.24) is 0 Å². The van der Waals surface area contributed by atoms with E-state index in [-0.39, 0.29) is 6.04 Å². The molecule has 0 aromatic heterocycles. The molecule has 0 amide bonds. The first-order chi connectivity index (χ1) is 7.17. The molecule has 1 rings (SSSR count). The van der Waals surface area contributed by atoms with Gasteiger partial charge in [-0.05, 0) is 30.2 Å². The van der Waals surface area contributed by atoms with Crippen LogP contribution in [0.1, 0.15) is 20.3 Å². The molecule has 15 heavy (non-hydrogen) atoms. The van der Waals surface area contributed by atoms with Crippen molar-refractivity contribution >= 4 is 21.6 Å². The molecular formula is C12H15BrN2. The van der Waals surface area contributed by atoms with Gasteiger partial charge in [0.1, 0.15) is 6.04 Å². The Labute approximate surface area is 99.4 Å². The first-order valence-corrected chi connectivity index (χ1v) is 5.88. The van der Waals surface area contributed by atoms with Crippen LogP contribution in [-0.2, 0) is 0 Å². The van der Waals surface area contributed by atoms with Crippen LogP contribution in [0.4, 0.5) is 5.69 Å². The summed E-state index contributed by atoms with van der Waals surface area (Å²) in [7, 11) is 0. The van der Waals surface area contributed by atoms with Crippen LogP contribution in [-0.4, -0.2) is 6.04 Å². The van der Waals surface area contributed by atoms with Crippen molar-refractivity contribution in [2.75, 3.05) is 5.32 Å². The monoisotopic (exact) mass is 266 g/mol. The van der Waals surface area contributed by atoms with Crippen LogP contribution in [0.3, 0.4) is 0 Å². The summed E-state index contributed by atoms with van der Waals surface area (Å²) in [5.41, 5.74) is 0.991. The fourth-order valence-electron chi connectivity index (χ4n) is 1.26. The quantitative estimate of drug-likeness (QED) is 0.900. The smallest absolute Gasteiger partial charge is 0.117 e. The molecule has 1 aromatic rings. The van der Waals surface area contributed by atoms with Crippen LogP contribution in [0.15, 0.2) is 28.7 Å². The van der Waals surface area contributed by atoms with Crippen LogP contribution in [0.2, 0.25) is 0 Å². The summed E-state index contributed by atoms with van der Waals surface area (Å²) in [5, 5.41) is 12.2. The Kier molecular flexibility index (Phi) is 4.64. The molecule has 0 aliphatic rings. The Morgan fingerprint density at radius 2 is 2.00 bits per heavy atom. The lowest BCUT2D eigenvalue weighted by Gasteiger charge is -2.18. The van der Waals surface area contributed by atoms with E-state index in [4.69, 9.17) is 5.26 Å². The number of anilines is 1. The van der Waals surface area contributed by atoms with Gasteiger partial charge in [0.25, 0.3) is 0 Å². The summed E-state index contributed by atoms with van der Waals surface area (Å²) in [6.07, 6.45) is 1.00. The molecule has 1 N–H and O–H groups in total. The highest BCUT2D eigenvalue weighted by Crippen LogP contribution is 2.17. The maximum atomic E-state index is 9.02. The zero-order chi connectivity index (χ0) is 11.3. The summed E-state index contributed by atoms with van der Waals surface area (Å²) in [4.78, 5) is 0. The van der Waals surface area contributed by atoms with Gasteiger partial charge < -0.3 is 5.32 Å². The van der Waals surface area contributed by atoms with Crippen molar-refractivity contribution < 1.29 is 0 Å². The van der Waals surface area contributed by atoms with E-state index in [9.17, 15) is 0 Å². The second kappa shape index (κ2) is 5.77. The molecule has 1 aromatic carbocycles. The van der Waals surface area contributed by atoms with E-state index in [0.717, 1.165) is 16.6 Å². The zero-order valence-corrected chi connectivity index (χ0v) is 10.6. The molecule has 0 radical (unpaired) electrons.